The van der Waals surface area contributed by atoms with Crippen LogP contribution in [0.2, 0.25) is 10.0 Å². The summed E-state index contributed by atoms with van der Waals surface area (Å²) in [6.45, 7) is 2.08. The topological polar surface area (TPSA) is 41.6 Å². The zero-order valence-electron chi connectivity index (χ0n) is 9.94. The Morgan fingerprint density at radius 3 is 2.67 bits per heavy atom. The van der Waals surface area contributed by atoms with Crippen molar-refractivity contribution in [3.63, 3.8) is 0 Å². The van der Waals surface area contributed by atoms with Gasteiger partial charge in [0, 0.05) is 19.0 Å². The maximum Gasteiger partial charge on any atom is 0.191 e. The Balaban J connectivity index is 1.68. The Kier molecular flexibility index (Phi) is 3.12. The molecule has 1 saturated heterocycles. The van der Waals surface area contributed by atoms with Gasteiger partial charge in [-0.05, 0) is 30.5 Å². The Morgan fingerprint density at radius 2 is 2.06 bits per heavy atom. The molecule has 5 heteroatoms. The van der Waals surface area contributed by atoms with Crippen molar-refractivity contribution in [1.29, 1.82) is 0 Å². The highest BCUT2D eigenvalue weighted by atomic mass is 35.5. The molecule has 1 aromatic rings. The summed E-state index contributed by atoms with van der Waals surface area (Å²) in [4.78, 5) is 6.68. The SMILES string of the molecule is NC(=N[C@@H]1C[C@H]1c1ccc(Cl)c(Cl)c1)N1CCC1. The van der Waals surface area contributed by atoms with Gasteiger partial charge in [-0.25, -0.2) is 4.99 Å². The minimum atomic E-state index is 0.308. The number of halogens is 2. The fraction of sp³-hybridized carbons (Fsp3) is 0.462. The average Bonchev–Trinajstić information content (AvgIpc) is 2.98. The third-order valence-electron chi connectivity index (χ3n) is 3.61. The first-order valence-corrected chi connectivity index (χ1v) is 6.94. The van der Waals surface area contributed by atoms with Crippen molar-refractivity contribution in [2.24, 2.45) is 10.7 Å². The Morgan fingerprint density at radius 1 is 1.28 bits per heavy atom. The number of aliphatic imine (C=N–C) groups is 1. The van der Waals surface area contributed by atoms with Gasteiger partial charge in [0.15, 0.2) is 5.96 Å². The van der Waals surface area contributed by atoms with Crippen molar-refractivity contribution in [3.05, 3.63) is 33.8 Å². The van der Waals surface area contributed by atoms with Crippen LogP contribution in [-0.2, 0) is 0 Å². The molecule has 18 heavy (non-hydrogen) atoms. The fourth-order valence-corrected chi connectivity index (χ4v) is 2.53. The molecule has 3 rings (SSSR count). The molecule has 3 nitrogen and oxygen atoms in total. The number of guanidine groups is 1. The van der Waals surface area contributed by atoms with Crippen LogP contribution in [-0.4, -0.2) is 30.0 Å². The zero-order valence-corrected chi connectivity index (χ0v) is 11.5. The molecule has 0 spiro atoms. The quantitative estimate of drug-likeness (QED) is 0.670. The number of benzene rings is 1. The summed E-state index contributed by atoms with van der Waals surface area (Å²) >= 11 is 11.9. The van der Waals surface area contributed by atoms with Crippen molar-refractivity contribution in [3.8, 4) is 0 Å². The van der Waals surface area contributed by atoms with E-state index in [0.717, 1.165) is 19.5 Å². The highest BCUT2D eigenvalue weighted by molar-refractivity contribution is 6.42. The summed E-state index contributed by atoms with van der Waals surface area (Å²) in [7, 11) is 0. The van der Waals surface area contributed by atoms with Crippen LogP contribution in [0, 0.1) is 0 Å². The molecular weight excluding hydrogens is 269 g/mol. The van der Waals surface area contributed by atoms with E-state index in [9.17, 15) is 0 Å². The van der Waals surface area contributed by atoms with E-state index in [-0.39, 0.29) is 0 Å². The van der Waals surface area contributed by atoms with E-state index in [4.69, 9.17) is 28.9 Å². The molecule has 1 aliphatic heterocycles. The Labute approximate surface area is 117 Å². The third kappa shape index (κ3) is 2.29. The van der Waals surface area contributed by atoms with Gasteiger partial charge >= 0.3 is 0 Å². The van der Waals surface area contributed by atoms with Crippen molar-refractivity contribution in [2.45, 2.75) is 24.8 Å². The molecule has 0 radical (unpaired) electrons. The molecule has 2 fully saturated rings. The van der Waals surface area contributed by atoms with Gasteiger partial charge < -0.3 is 10.6 Å². The molecule has 0 bridgehead atoms. The normalized spacial score (nSPS) is 27.0. The van der Waals surface area contributed by atoms with Gasteiger partial charge in [0.05, 0.1) is 16.1 Å². The number of hydrogen-bond donors (Lipinski definition) is 1. The minimum Gasteiger partial charge on any atom is -0.370 e. The van der Waals surface area contributed by atoms with Crippen molar-refractivity contribution < 1.29 is 0 Å². The van der Waals surface area contributed by atoms with Crippen LogP contribution < -0.4 is 5.73 Å². The molecule has 1 heterocycles. The summed E-state index contributed by atoms with van der Waals surface area (Å²) in [6.07, 6.45) is 2.27. The molecule has 0 unspecified atom stereocenters. The van der Waals surface area contributed by atoms with E-state index < -0.39 is 0 Å². The number of rotatable bonds is 2. The monoisotopic (exact) mass is 283 g/mol. The van der Waals surface area contributed by atoms with Gasteiger partial charge in [-0.3, -0.25) is 0 Å². The second-order valence-corrected chi connectivity index (χ2v) is 5.73. The molecule has 1 aliphatic carbocycles. The molecular formula is C13H15Cl2N3. The third-order valence-corrected chi connectivity index (χ3v) is 4.35. The molecule has 2 atom stereocenters. The summed E-state index contributed by atoms with van der Waals surface area (Å²) < 4.78 is 0. The van der Waals surface area contributed by atoms with Crippen LogP contribution in [0.1, 0.15) is 24.3 Å². The highest BCUT2D eigenvalue weighted by Crippen LogP contribution is 2.44. The zero-order chi connectivity index (χ0) is 12.7. The van der Waals surface area contributed by atoms with Gasteiger partial charge in [0.2, 0.25) is 0 Å². The molecule has 1 saturated carbocycles. The van der Waals surface area contributed by atoms with Gasteiger partial charge in [0.25, 0.3) is 0 Å². The molecule has 0 amide bonds. The largest absolute Gasteiger partial charge is 0.370 e. The van der Waals surface area contributed by atoms with E-state index >= 15 is 0 Å². The first-order chi connectivity index (χ1) is 8.65. The van der Waals surface area contributed by atoms with Crippen LogP contribution in [0.15, 0.2) is 23.2 Å². The number of hydrogen-bond acceptors (Lipinski definition) is 1. The van der Waals surface area contributed by atoms with E-state index in [2.05, 4.69) is 9.89 Å². The first kappa shape index (κ1) is 12.1. The van der Waals surface area contributed by atoms with Crippen LogP contribution in [0.25, 0.3) is 0 Å². The fourth-order valence-electron chi connectivity index (χ4n) is 2.22. The lowest BCUT2D eigenvalue weighted by atomic mass is 10.1. The van der Waals surface area contributed by atoms with Gasteiger partial charge in [-0.1, -0.05) is 29.3 Å². The predicted molar refractivity (Wildman–Crippen MR) is 75.4 cm³/mol. The second-order valence-electron chi connectivity index (χ2n) is 4.91. The van der Waals surface area contributed by atoms with Crippen LogP contribution in [0.3, 0.4) is 0 Å². The van der Waals surface area contributed by atoms with Crippen LogP contribution in [0.4, 0.5) is 0 Å². The van der Waals surface area contributed by atoms with E-state index in [1.807, 2.05) is 18.2 Å². The molecule has 1 aromatic carbocycles. The van der Waals surface area contributed by atoms with Gasteiger partial charge in [-0.2, -0.15) is 0 Å². The maximum atomic E-state index is 6.02. The first-order valence-electron chi connectivity index (χ1n) is 6.18. The lowest BCUT2D eigenvalue weighted by molar-refractivity contribution is 0.295. The lowest BCUT2D eigenvalue weighted by Gasteiger charge is -2.31. The predicted octanol–water partition coefficient (Wildman–Crippen LogP) is 2.87. The van der Waals surface area contributed by atoms with Crippen molar-refractivity contribution in [2.75, 3.05) is 13.1 Å². The second kappa shape index (κ2) is 4.63. The minimum absolute atomic E-state index is 0.308. The molecule has 2 N–H and O–H groups in total. The molecule has 96 valence electrons. The van der Waals surface area contributed by atoms with Crippen molar-refractivity contribution in [1.82, 2.24) is 4.90 Å². The highest BCUT2D eigenvalue weighted by Gasteiger charge is 2.39. The summed E-state index contributed by atoms with van der Waals surface area (Å²) in [5.74, 6) is 1.13. The van der Waals surface area contributed by atoms with Crippen LogP contribution in [0.5, 0.6) is 0 Å². The Bertz CT molecular complexity index is 497. The van der Waals surface area contributed by atoms with Crippen molar-refractivity contribution >= 4 is 29.2 Å². The van der Waals surface area contributed by atoms with E-state index in [1.165, 1.54) is 12.0 Å². The maximum absolute atomic E-state index is 6.02. The number of nitrogens with zero attached hydrogens (tertiary/aromatic N) is 2. The number of likely N-dealkylation sites (tertiary alicyclic amines) is 1. The van der Waals surface area contributed by atoms with Gasteiger partial charge in [-0.15, -0.1) is 0 Å². The average molecular weight is 284 g/mol. The molecule has 0 aromatic heterocycles. The van der Waals surface area contributed by atoms with Crippen LogP contribution >= 0.6 is 23.2 Å². The van der Waals surface area contributed by atoms with E-state index in [1.54, 1.807) is 0 Å². The smallest absolute Gasteiger partial charge is 0.191 e. The molecule has 2 aliphatic rings. The summed E-state index contributed by atoms with van der Waals surface area (Å²) in [5.41, 5.74) is 7.15. The number of nitrogens with two attached hydrogens (primary N) is 1. The Hall–Kier alpha value is -0.930. The summed E-state index contributed by atoms with van der Waals surface area (Å²) in [5, 5.41) is 1.21. The van der Waals surface area contributed by atoms with E-state index in [0.29, 0.717) is 28.0 Å². The van der Waals surface area contributed by atoms with Gasteiger partial charge in [0.1, 0.15) is 0 Å². The summed E-state index contributed by atoms with van der Waals surface area (Å²) in [6, 6.07) is 6.11. The lowest BCUT2D eigenvalue weighted by Crippen LogP contribution is -2.46. The standard InChI is InChI=1S/C13H15Cl2N3/c14-10-3-2-8(6-11(10)15)9-7-12(9)17-13(16)18-4-1-5-18/h2-3,6,9,12H,1,4-5,7H2,(H2,16,17)/t9-,12+/m0/s1.